The molecule has 0 heterocycles. The summed E-state index contributed by atoms with van der Waals surface area (Å²) < 4.78 is 0. The highest BCUT2D eigenvalue weighted by molar-refractivity contribution is 6.14. The molecule has 1 atom stereocenters. The second-order valence-electron chi connectivity index (χ2n) is 10.0. The first kappa shape index (κ1) is 16.4. The van der Waals surface area contributed by atoms with Crippen molar-refractivity contribution in [2.45, 2.75) is 78.2 Å². The molecule has 3 heteroatoms. The van der Waals surface area contributed by atoms with Gasteiger partial charge in [-0.2, -0.15) is 0 Å². The van der Waals surface area contributed by atoms with E-state index in [2.05, 4.69) is 6.92 Å². The molecule has 5 rings (SSSR count). The molecule has 1 N–H and O–H groups in total. The van der Waals surface area contributed by atoms with Gasteiger partial charge in [-0.3, -0.25) is 9.79 Å². The summed E-state index contributed by atoms with van der Waals surface area (Å²) >= 11 is 0. The van der Waals surface area contributed by atoms with Gasteiger partial charge in [0, 0.05) is 19.1 Å². The van der Waals surface area contributed by atoms with E-state index in [1.54, 1.807) is 6.21 Å². The van der Waals surface area contributed by atoms with Crippen molar-refractivity contribution in [2.24, 2.45) is 33.6 Å². The van der Waals surface area contributed by atoms with Crippen LogP contribution in [0.25, 0.3) is 0 Å². The standard InChI is InChI=1S/C21H31NO2/c1-13(21-7-14-4-15(8-21)6-16(5-14)9-21)22-12-17-18(23)10-20(2,3)11-19(17)24/h12-16,23H,4-11H2,1-3H3. The molecule has 0 aliphatic heterocycles. The molecule has 0 aromatic heterocycles. The molecule has 4 saturated carbocycles. The zero-order valence-electron chi connectivity index (χ0n) is 15.3. The molecule has 0 amide bonds. The van der Waals surface area contributed by atoms with Gasteiger partial charge < -0.3 is 5.11 Å². The molecular weight excluding hydrogens is 298 g/mol. The SMILES string of the molecule is CC(N=CC1=C(O)CC(C)(C)CC1=O)C12CC3CC(CC(C3)C1)C2. The van der Waals surface area contributed by atoms with Crippen LogP contribution in [0.2, 0.25) is 0 Å². The second-order valence-corrected chi connectivity index (χ2v) is 10.0. The van der Waals surface area contributed by atoms with E-state index in [0.717, 1.165) is 17.8 Å². The number of carbonyl (C=O) groups excluding carboxylic acids is 1. The van der Waals surface area contributed by atoms with E-state index in [9.17, 15) is 9.90 Å². The van der Waals surface area contributed by atoms with Gasteiger partial charge in [0.2, 0.25) is 0 Å². The van der Waals surface area contributed by atoms with Crippen molar-refractivity contribution >= 4 is 12.0 Å². The van der Waals surface area contributed by atoms with Crippen LogP contribution in [0, 0.1) is 28.6 Å². The molecule has 4 bridgehead atoms. The summed E-state index contributed by atoms with van der Waals surface area (Å²) in [6.45, 7) is 6.30. The van der Waals surface area contributed by atoms with Crippen LogP contribution < -0.4 is 0 Å². The van der Waals surface area contributed by atoms with Crippen molar-refractivity contribution in [3.05, 3.63) is 11.3 Å². The smallest absolute Gasteiger partial charge is 0.168 e. The minimum atomic E-state index is -0.135. The molecule has 3 nitrogen and oxygen atoms in total. The Morgan fingerprint density at radius 1 is 1.08 bits per heavy atom. The number of allylic oxidation sites excluding steroid dienone is 2. The minimum Gasteiger partial charge on any atom is -0.511 e. The van der Waals surface area contributed by atoms with Gasteiger partial charge in [-0.25, -0.2) is 0 Å². The zero-order valence-corrected chi connectivity index (χ0v) is 15.3. The highest BCUT2D eigenvalue weighted by atomic mass is 16.3. The zero-order chi connectivity index (χ0) is 17.1. The number of carbonyl (C=O) groups is 1. The summed E-state index contributed by atoms with van der Waals surface area (Å²) in [7, 11) is 0. The van der Waals surface area contributed by atoms with Crippen LogP contribution in [-0.2, 0) is 4.79 Å². The highest BCUT2D eigenvalue weighted by Gasteiger charge is 2.53. The first-order valence-corrected chi connectivity index (χ1v) is 9.75. The first-order valence-electron chi connectivity index (χ1n) is 9.75. The number of aliphatic imine (C=N–C) groups is 1. The van der Waals surface area contributed by atoms with Gasteiger partial charge in [-0.15, -0.1) is 0 Å². The summed E-state index contributed by atoms with van der Waals surface area (Å²) in [6.07, 6.45) is 11.1. The average Bonchev–Trinajstić information content (AvgIpc) is 2.43. The van der Waals surface area contributed by atoms with Crippen LogP contribution >= 0.6 is 0 Å². The molecular formula is C21H31NO2. The molecule has 0 radical (unpaired) electrons. The lowest BCUT2D eigenvalue weighted by molar-refractivity contribution is -0.117. The van der Waals surface area contributed by atoms with Gasteiger partial charge >= 0.3 is 0 Å². The topological polar surface area (TPSA) is 49.7 Å². The highest BCUT2D eigenvalue weighted by Crippen LogP contribution is 2.61. The third-order valence-corrected chi connectivity index (χ3v) is 7.30. The van der Waals surface area contributed by atoms with Crippen molar-refractivity contribution in [3.63, 3.8) is 0 Å². The van der Waals surface area contributed by atoms with Crippen LogP contribution in [0.3, 0.4) is 0 Å². The monoisotopic (exact) mass is 329 g/mol. The van der Waals surface area contributed by atoms with E-state index in [1.165, 1.54) is 38.5 Å². The third-order valence-electron chi connectivity index (χ3n) is 7.30. The van der Waals surface area contributed by atoms with Gasteiger partial charge in [-0.05, 0) is 74.0 Å². The molecule has 0 spiro atoms. The van der Waals surface area contributed by atoms with Crippen LogP contribution in [0.4, 0.5) is 0 Å². The van der Waals surface area contributed by atoms with Gasteiger partial charge in [0.25, 0.3) is 0 Å². The van der Waals surface area contributed by atoms with Crippen molar-refractivity contribution in [1.29, 1.82) is 0 Å². The summed E-state index contributed by atoms with van der Waals surface area (Å²) in [5.74, 6) is 3.03. The summed E-state index contributed by atoms with van der Waals surface area (Å²) in [5, 5.41) is 10.3. The average molecular weight is 329 g/mol. The van der Waals surface area contributed by atoms with E-state index in [1.807, 2.05) is 13.8 Å². The largest absolute Gasteiger partial charge is 0.511 e. The maximum absolute atomic E-state index is 12.4. The van der Waals surface area contributed by atoms with Gasteiger partial charge in [0.05, 0.1) is 11.6 Å². The number of aliphatic hydroxyl groups is 1. The number of aliphatic hydroxyl groups excluding tert-OH is 1. The Morgan fingerprint density at radius 2 is 1.62 bits per heavy atom. The summed E-state index contributed by atoms with van der Waals surface area (Å²) in [4.78, 5) is 17.2. The Hall–Kier alpha value is -1.12. The van der Waals surface area contributed by atoms with Gasteiger partial charge in [0.15, 0.2) is 5.78 Å². The summed E-state index contributed by atoms with van der Waals surface area (Å²) in [5.41, 5.74) is 0.688. The number of Topliss-reactive ketones (excluding diaryl/α,β-unsaturated/α-hetero) is 1. The minimum absolute atomic E-state index is 0.0465. The van der Waals surface area contributed by atoms with E-state index < -0.39 is 0 Å². The summed E-state index contributed by atoms with van der Waals surface area (Å²) in [6, 6.07) is 0.258. The van der Waals surface area contributed by atoms with Crippen molar-refractivity contribution in [1.82, 2.24) is 0 Å². The van der Waals surface area contributed by atoms with Crippen LogP contribution in [0.5, 0.6) is 0 Å². The molecule has 132 valence electrons. The van der Waals surface area contributed by atoms with Crippen molar-refractivity contribution in [2.75, 3.05) is 0 Å². The van der Waals surface area contributed by atoms with E-state index in [-0.39, 0.29) is 23.0 Å². The first-order chi connectivity index (χ1) is 11.3. The normalized spacial score (nSPS) is 42.1. The van der Waals surface area contributed by atoms with Gasteiger partial charge in [-0.1, -0.05) is 13.8 Å². The number of nitrogens with zero attached hydrogens (tertiary/aromatic N) is 1. The third kappa shape index (κ3) is 2.74. The number of hydrogen-bond acceptors (Lipinski definition) is 3. The lowest BCUT2D eigenvalue weighted by Gasteiger charge is -2.58. The molecule has 4 fully saturated rings. The molecule has 5 aliphatic carbocycles. The fourth-order valence-corrected chi connectivity index (χ4v) is 6.48. The molecule has 1 unspecified atom stereocenters. The Morgan fingerprint density at radius 3 is 2.12 bits per heavy atom. The number of hydrogen-bond donors (Lipinski definition) is 1. The quantitative estimate of drug-likeness (QED) is 0.751. The Balaban J connectivity index is 1.53. The number of ketones is 1. The fourth-order valence-electron chi connectivity index (χ4n) is 6.48. The molecule has 0 aromatic carbocycles. The molecule has 0 saturated heterocycles. The van der Waals surface area contributed by atoms with Gasteiger partial charge in [0.1, 0.15) is 5.76 Å². The lowest BCUT2D eigenvalue weighted by atomic mass is 9.48. The predicted octanol–water partition coefficient (Wildman–Crippen LogP) is 4.86. The van der Waals surface area contributed by atoms with Crippen molar-refractivity contribution < 1.29 is 9.90 Å². The van der Waals surface area contributed by atoms with E-state index >= 15 is 0 Å². The van der Waals surface area contributed by atoms with E-state index in [0.29, 0.717) is 23.8 Å². The molecule has 5 aliphatic rings. The van der Waals surface area contributed by atoms with Crippen LogP contribution in [-0.4, -0.2) is 23.1 Å². The Labute approximate surface area is 145 Å². The predicted molar refractivity (Wildman–Crippen MR) is 96.2 cm³/mol. The molecule has 0 aromatic rings. The Bertz CT molecular complexity index is 578. The number of rotatable bonds is 3. The lowest BCUT2D eigenvalue weighted by Crippen LogP contribution is -2.50. The van der Waals surface area contributed by atoms with E-state index in [4.69, 9.17) is 4.99 Å². The second kappa shape index (κ2) is 5.44. The Kier molecular flexibility index (Phi) is 3.71. The fraction of sp³-hybridized carbons (Fsp3) is 0.810. The van der Waals surface area contributed by atoms with Crippen molar-refractivity contribution in [3.8, 4) is 0 Å². The maximum Gasteiger partial charge on any atom is 0.168 e. The van der Waals surface area contributed by atoms with Crippen LogP contribution in [0.1, 0.15) is 72.1 Å². The molecule has 24 heavy (non-hydrogen) atoms. The van der Waals surface area contributed by atoms with Crippen LogP contribution in [0.15, 0.2) is 16.3 Å². The maximum atomic E-state index is 12.4.